The van der Waals surface area contributed by atoms with Crippen molar-refractivity contribution in [2.45, 2.75) is 44.0 Å². The third-order valence-electron chi connectivity index (χ3n) is 3.42. The van der Waals surface area contributed by atoms with Gasteiger partial charge < -0.3 is 4.90 Å². The molecule has 2 unspecified atom stereocenters. The molecule has 0 N–H and O–H groups in total. The first-order valence-corrected chi connectivity index (χ1v) is 6.39. The van der Waals surface area contributed by atoms with Crippen LogP contribution in [0.5, 0.6) is 0 Å². The molecule has 2 atom stereocenters. The van der Waals surface area contributed by atoms with E-state index in [0.29, 0.717) is 11.5 Å². The highest BCUT2D eigenvalue weighted by Crippen LogP contribution is 2.30. The zero-order valence-corrected chi connectivity index (χ0v) is 10.9. The van der Waals surface area contributed by atoms with Gasteiger partial charge in [0.1, 0.15) is 6.33 Å². The summed E-state index contributed by atoms with van der Waals surface area (Å²) < 4.78 is 13.9. The van der Waals surface area contributed by atoms with Crippen LogP contribution in [-0.2, 0) is 0 Å². The third kappa shape index (κ3) is 2.51. The molecule has 1 heterocycles. The Bertz CT molecular complexity index is 399. The molecule has 0 aliphatic heterocycles. The van der Waals surface area contributed by atoms with E-state index in [4.69, 9.17) is 11.6 Å². The smallest absolute Gasteiger partial charge is 0.186 e. The van der Waals surface area contributed by atoms with Gasteiger partial charge in [0, 0.05) is 13.1 Å². The first kappa shape index (κ1) is 12.6. The van der Waals surface area contributed by atoms with Crippen molar-refractivity contribution in [3.05, 3.63) is 17.8 Å². The van der Waals surface area contributed by atoms with Crippen LogP contribution in [0, 0.1) is 12.7 Å². The average Bonchev–Trinajstić information content (AvgIpc) is 2.32. The molecule has 0 amide bonds. The van der Waals surface area contributed by atoms with Crippen molar-refractivity contribution in [2.24, 2.45) is 0 Å². The van der Waals surface area contributed by atoms with Gasteiger partial charge in [-0.3, -0.25) is 0 Å². The number of anilines is 1. The summed E-state index contributed by atoms with van der Waals surface area (Å²) in [6, 6.07) is 0.161. The SMILES string of the molecule is Cc1ncnc(N(C)C2CCCCC2Cl)c1F. The monoisotopic (exact) mass is 257 g/mol. The molecule has 0 saturated heterocycles. The van der Waals surface area contributed by atoms with Gasteiger partial charge in [0.25, 0.3) is 0 Å². The highest BCUT2D eigenvalue weighted by Gasteiger charge is 2.29. The second-order valence-corrected chi connectivity index (χ2v) is 5.14. The van der Waals surface area contributed by atoms with E-state index >= 15 is 0 Å². The van der Waals surface area contributed by atoms with E-state index in [-0.39, 0.29) is 17.2 Å². The summed E-state index contributed by atoms with van der Waals surface area (Å²) in [7, 11) is 1.86. The van der Waals surface area contributed by atoms with Gasteiger partial charge >= 0.3 is 0 Å². The average molecular weight is 258 g/mol. The van der Waals surface area contributed by atoms with Crippen LogP contribution in [0.25, 0.3) is 0 Å². The molecule has 1 fully saturated rings. The summed E-state index contributed by atoms with van der Waals surface area (Å²) in [5.41, 5.74) is 0.379. The van der Waals surface area contributed by atoms with E-state index < -0.39 is 0 Å². The van der Waals surface area contributed by atoms with E-state index in [1.54, 1.807) is 6.92 Å². The lowest BCUT2D eigenvalue weighted by atomic mass is 9.94. The molecule has 1 aromatic heterocycles. The maximum atomic E-state index is 13.9. The largest absolute Gasteiger partial charge is 0.353 e. The molecule has 1 aliphatic rings. The van der Waals surface area contributed by atoms with Gasteiger partial charge in [-0.2, -0.15) is 0 Å². The van der Waals surface area contributed by atoms with Crippen LogP contribution in [0.1, 0.15) is 31.4 Å². The van der Waals surface area contributed by atoms with Crippen LogP contribution < -0.4 is 4.90 Å². The molecule has 5 heteroatoms. The predicted molar refractivity (Wildman–Crippen MR) is 67.0 cm³/mol. The Morgan fingerprint density at radius 1 is 1.35 bits per heavy atom. The standard InChI is InChI=1S/C12H17ClFN3/c1-8-11(14)12(16-7-15-8)17(2)10-6-4-3-5-9(10)13/h7,9-10H,3-6H2,1-2H3. The molecule has 3 nitrogen and oxygen atoms in total. The minimum Gasteiger partial charge on any atom is -0.353 e. The fourth-order valence-electron chi connectivity index (χ4n) is 2.35. The number of hydrogen-bond acceptors (Lipinski definition) is 3. The second kappa shape index (κ2) is 5.17. The maximum Gasteiger partial charge on any atom is 0.186 e. The normalized spacial score (nSPS) is 24.7. The Morgan fingerprint density at radius 2 is 2.06 bits per heavy atom. The third-order valence-corrected chi connectivity index (χ3v) is 3.93. The van der Waals surface area contributed by atoms with Gasteiger partial charge in [-0.05, 0) is 19.8 Å². The summed E-state index contributed by atoms with van der Waals surface area (Å²) in [4.78, 5) is 9.73. The van der Waals surface area contributed by atoms with Crippen molar-refractivity contribution in [1.29, 1.82) is 0 Å². The quantitative estimate of drug-likeness (QED) is 0.763. The van der Waals surface area contributed by atoms with Crippen LogP contribution in [0.15, 0.2) is 6.33 Å². The molecule has 94 valence electrons. The number of hydrogen-bond donors (Lipinski definition) is 0. The molecule has 0 spiro atoms. The minimum atomic E-state index is -0.343. The molecule has 2 rings (SSSR count). The van der Waals surface area contributed by atoms with Gasteiger partial charge in [0.15, 0.2) is 11.6 Å². The number of rotatable bonds is 2. The fraction of sp³-hybridized carbons (Fsp3) is 0.667. The lowest BCUT2D eigenvalue weighted by Gasteiger charge is -2.35. The molecule has 0 aromatic carbocycles. The van der Waals surface area contributed by atoms with Crippen molar-refractivity contribution < 1.29 is 4.39 Å². The molecule has 1 aliphatic carbocycles. The van der Waals surface area contributed by atoms with E-state index in [1.807, 2.05) is 11.9 Å². The molecule has 17 heavy (non-hydrogen) atoms. The molecule has 0 radical (unpaired) electrons. The van der Waals surface area contributed by atoms with Crippen LogP contribution in [0.4, 0.5) is 10.2 Å². The predicted octanol–water partition coefficient (Wildman–Crippen LogP) is 2.91. The first-order chi connectivity index (χ1) is 8.11. The zero-order chi connectivity index (χ0) is 12.4. The zero-order valence-electron chi connectivity index (χ0n) is 10.2. The Morgan fingerprint density at radius 3 is 2.76 bits per heavy atom. The van der Waals surface area contributed by atoms with Crippen molar-refractivity contribution in [3.8, 4) is 0 Å². The van der Waals surface area contributed by atoms with Gasteiger partial charge in [0.2, 0.25) is 0 Å². The number of halogens is 2. The highest BCUT2D eigenvalue weighted by atomic mass is 35.5. The van der Waals surface area contributed by atoms with Crippen molar-refractivity contribution >= 4 is 17.4 Å². The molecule has 1 saturated carbocycles. The van der Waals surface area contributed by atoms with E-state index in [0.717, 1.165) is 25.7 Å². The lowest BCUT2D eigenvalue weighted by Crippen LogP contribution is -2.41. The Labute approximate surface area is 106 Å². The summed E-state index contributed by atoms with van der Waals surface area (Å²) in [6.45, 7) is 1.65. The topological polar surface area (TPSA) is 29.0 Å². The number of nitrogens with zero attached hydrogens (tertiary/aromatic N) is 3. The summed E-state index contributed by atoms with van der Waals surface area (Å²) in [5.74, 6) is 0.0134. The summed E-state index contributed by atoms with van der Waals surface area (Å²) in [6.07, 6.45) is 5.68. The molecule has 1 aromatic rings. The lowest BCUT2D eigenvalue weighted by molar-refractivity contribution is 0.428. The Balaban J connectivity index is 2.23. The first-order valence-electron chi connectivity index (χ1n) is 5.95. The number of aryl methyl sites for hydroxylation is 1. The minimum absolute atomic E-state index is 0.0726. The summed E-state index contributed by atoms with van der Waals surface area (Å²) >= 11 is 6.31. The van der Waals surface area contributed by atoms with Crippen LogP contribution in [0.2, 0.25) is 0 Å². The Hall–Kier alpha value is -0.900. The molecular formula is C12H17ClFN3. The molecular weight excluding hydrogens is 241 g/mol. The van der Waals surface area contributed by atoms with Crippen molar-refractivity contribution in [2.75, 3.05) is 11.9 Å². The van der Waals surface area contributed by atoms with Crippen molar-refractivity contribution in [1.82, 2.24) is 9.97 Å². The van der Waals surface area contributed by atoms with Crippen molar-refractivity contribution in [3.63, 3.8) is 0 Å². The van der Waals surface area contributed by atoms with E-state index in [1.165, 1.54) is 6.33 Å². The van der Waals surface area contributed by atoms with Gasteiger partial charge in [0.05, 0.1) is 11.1 Å². The molecule has 0 bridgehead atoms. The number of aromatic nitrogens is 2. The highest BCUT2D eigenvalue weighted by molar-refractivity contribution is 6.21. The van der Waals surface area contributed by atoms with E-state index in [9.17, 15) is 4.39 Å². The van der Waals surface area contributed by atoms with Crippen LogP contribution >= 0.6 is 11.6 Å². The summed E-state index contributed by atoms with van der Waals surface area (Å²) in [5, 5.41) is 0.0726. The maximum absolute atomic E-state index is 13.9. The fourth-order valence-corrected chi connectivity index (χ4v) is 2.80. The van der Waals surface area contributed by atoms with Crippen LogP contribution in [-0.4, -0.2) is 28.4 Å². The van der Waals surface area contributed by atoms with Crippen LogP contribution in [0.3, 0.4) is 0 Å². The second-order valence-electron chi connectivity index (χ2n) is 4.58. The van der Waals surface area contributed by atoms with Gasteiger partial charge in [-0.15, -0.1) is 11.6 Å². The Kier molecular flexibility index (Phi) is 3.82. The van der Waals surface area contributed by atoms with Gasteiger partial charge in [-0.1, -0.05) is 12.8 Å². The number of alkyl halides is 1. The van der Waals surface area contributed by atoms with Gasteiger partial charge in [-0.25, -0.2) is 14.4 Å². The van der Waals surface area contributed by atoms with E-state index in [2.05, 4.69) is 9.97 Å².